The number of carbonyl (C=O) groups is 1. The number of pyridine rings is 1. The van der Waals surface area contributed by atoms with Gasteiger partial charge in [-0.1, -0.05) is 30.0 Å². The average Bonchev–Trinajstić information content (AvgIpc) is 3.23. The van der Waals surface area contributed by atoms with Gasteiger partial charge in [-0.05, 0) is 31.1 Å². The molecule has 2 aromatic rings. The number of aryl methyl sites for hydroxylation is 1. The van der Waals surface area contributed by atoms with Crippen molar-refractivity contribution >= 4 is 61.6 Å². The Kier molecular flexibility index (Phi) is 6.39. The van der Waals surface area contributed by atoms with E-state index in [-0.39, 0.29) is 27.5 Å². The number of rotatable bonds is 6. The number of nitrogens with zero attached hydrogens (tertiary/aromatic N) is 3. The molecule has 2 aliphatic heterocycles. The molecule has 0 aliphatic carbocycles. The number of fused-ring (bicyclic) bond motifs is 1. The zero-order valence-corrected chi connectivity index (χ0v) is 20.0. The van der Waals surface area contributed by atoms with Crippen molar-refractivity contribution in [2.24, 2.45) is 0 Å². The largest absolute Gasteiger partial charge is 0.383 e. The van der Waals surface area contributed by atoms with Crippen LogP contribution >= 0.6 is 24.0 Å². The molecule has 2 saturated heterocycles. The molecule has 1 unspecified atom stereocenters. The first-order chi connectivity index (χ1) is 15.2. The number of thiocarbonyl (C=S) groups is 1. The molecule has 0 radical (unpaired) electrons. The number of thioether (sulfide) groups is 1. The maximum Gasteiger partial charge on any atom is 0.267 e. The van der Waals surface area contributed by atoms with Gasteiger partial charge in [0.25, 0.3) is 11.5 Å². The molecule has 2 aromatic heterocycles. The molecular formula is C20H22N4O5S3. The highest BCUT2D eigenvalue weighted by atomic mass is 32.2. The van der Waals surface area contributed by atoms with E-state index < -0.39 is 21.8 Å². The number of ether oxygens (including phenoxy) is 1. The molecule has 0 aromatic carbocycles. The Labute approximate surface area is 194 Å². The third-order valence-corrected chi connectivity index (χ3v) is 8.36. The summed E-state index contributed by atoms with van der Waals surface area (Å²) in [6.45, 7) is 2.70. The average molecular weight is 495 g/mol. The van der Waals surface area contributed by atoms with Crippen LogP contribution in [0.15, 0.2) is 28.0 Å². The minimum absolute atomic E-state index is 0.0383. The summed E-state index contributed by atoms with van der Waals surface area (Å²) in [4.78, 5) is 32.6. The van der Waals surface area contributed by atoms with Crippen LogP contribution in [0.1, 0.15) is 17.5 Å². The molecule has 4 rings (SSSR count). The maximum atomic E-state index is 13.3. The minimum Gasteiger partial charge on any atom is -0.383 e. The number of hydrogen-bond acceptors (Lipinski definition) is 9. The first-order valence-corrected chi connectivity index (χ1v) is 13.0. The molecule has 1 amide bonds. The summed E-state index contributed by atoms with van der Waals surface area (Å²) >= 11 is 6.43. The van der Waals surface area contributed by atoms with Gasteiger partial charge in [-0.2, -0.15) is 0 Å². The second-order valence-corrected chi connectivity index (χ2v) is 11.5. The van der Waals surface area contributed by atoms with Gasteiger partial charge in [0.2, 0.25) is 0 Å². The predicted molar refractivity (Wildman–Crippen MR) is 129 cm³/mol. The van der Waals surface area contributed by atoms with Crippen molar-refractivity contribution in [1.29, 1.82) is 0 Å². The Morgan fingerprint density at radius 3 is 2.84 bits per heavy atom. The zero-order chi connectivity index (χ0) is 23.0. The molecule has 170 valence electrons. The molecule has 2 aliphatic rings. The zero-order valence-electron chi connectivity index (χ0n) is 17.5. The maximum absolute atomic E-state index is 13.3. The highest BCUT2D eigenvalue weighted by Gasteiger charge is 2.42. The summed E-state index contributed by atoms with van der Waals surface area (Å²) in [7, 11) is -1.61. The number of aromatic nitrogens is 2. The Morgan fingerprint density at radius 2 is 2.16 bits per heavy atom. The van der Waals surface area contributed by atoms with Gasteiger partial charge in [0.05, 0.1) is 34.6 Å². The van der Waals surface area contributed by atoms with E-state index in [0.29, 0.717) is 35.4 Å². The Hall–Kier alpha value is -2.28. The summed E-state index contributed by atoms with van der Waals surface area (Å²) in [6, 6.07) is 3.14. The quantitative estimate of drug-likeness (QED) is 0.362. The number of methoxy groups -OCH3 is 1. The summed E-state index contributed by atoms with van der Waals surface area (Å²) in [6.07, 6.45) is 3.53. The van der Waals surface area contributed by atoms with Crippen LogP contribution in [-0.4, -0.2) is 70.7 Å². The van der Waals surface area contributed by atoms with Crippen molar-refractivity contribution in [3.63, 3.8) is 0 Å². The molecule has 32 heavy (non-hydrogen) atoms. The van der Waals surface area contributed by atoms with E-state index in [2.05, 4.69) is 10.3 Å². The monoisotopic (exact) mass is 494 g/mol. The Bertz CT molecular complexity index is 1300. The van der Waals surface area contributed by atoms with Crippen LogP contribution in [0.2, 0.25) is 0 Å². The van der Waals surface area contributed by atoms with Crippen molar-refractivity contribution in [1.82, 2.24) is 14.3 Å². The smallest absolute Gasteiger partial charge is 0.267 e. The second kappa shape index (κ2) is 8.93. The van der Waals surface area contributed by atoms with Crippen LogP contribution in [0, 0.1) is 6.92 Å². The molecule has 4 heterocycles. The van der Waals surface area contributed by atoms with Gasteiger partial charge in [0, 0.05) is 19.9 Å². The number of anilines is 1. The standard InChI is InChI=1S/C20H22N4O5S3/c1-12-3-4-16-22-17(21-6-7-29-2)14(18(25)23(16)10-12)9-15-19(26)24(20(30)31-15)13-5-8-32(27,28)11-13/h3-4,9-10,13,21H,5-8,11H2,1-2H3/b15-9+. The summed E-state index contributed by atoms with van der Waals surface area (Å²) in [5, 5.41) is 3.10. The van der Waals surface area contributed by atoms with Gasteiger partial charge in [-0.25, -0.2) is 13.4 Å². The van der Waals surface area contributed by atoms with Crippen LogP contribution in [0.4, 0.5) is 5.82 Å². The molecule has 0 spiro atoms. The Balaban J connectivity index is 1.75. The van der Waals surface area contributed by atoms with E-state index in [1.54, 1.807) is 19.4 Å². The minimum atomic E-state index is -3.18. The van der Waals surface area contributed by atoms with Crippen LogP contribution in [0.5, 0.6) is 0 Å². The van der Waals surface area contributed by atoms with Crippen molar-refractivity contribution < 1.29 is 17.9 Å². The van der Waals surface area contributed by atoms with Crippen molar-refractivity contribution in [2.75, 3.05) is 37.1 Å². The molecule has 1 atom stereocenters. The number of carbonyl (C=O) groups excluding carboxylic acids is 1. The van der Waals surface area contributed by atoms with Crippen LogP contribution < -0.4 is 10.9 Å². The lowest BCUT2D eigenvalue weighted by atomic mass is 10.2. The van der Waals surface area contributed by atoms with Crippen LogP contribution in [-0.2, 0) is 19.4 Å². The van der Waals surface area contributed by atoms with Crippen molar-refractivity contribution in [3.05, 3.63) is 44.7 Å². The van der Waals surface area contributed by atoms with Crippen LogP contribution in [0.3, 0.4) is 0 Å². The van der Waals surface area contributed by atoms with Gasteiger partial charge in [-0.15, -0.1) is 0 Å². The number of hydrogen-bond donors (Lipinski definition) is 1. The lowest BCUT2D eigenvalue weighted by molar-refractivity contribution is -0.123. The van der Waals surface area contributed by atoms with E-state index in [9.17, 15) is 18.0 Å². The molecule has 2 fully saturated rings. The molecular weight excluding hydrogens is 472 g/mol. The second-order valence-electron chi connectivity index (χ2n) is 7.64. The Morgan fingerprint density at radius 1 is 1.38 bits per heavy atom. The highest BCUT2D eigenvalue weighted by molar-refractivity contribution is 8.26. The van der Waals surface area contributed by atoms with Crippen molar-refractivity contribution in [3.8, 4) is 0 Å². The SMILES string of the molecule is COCCNc1nc2ccc(C)cn2c(=O)c1/C=C1/SC(=S)N(C2CCS(=O)(=O)C2)C1=O. The number of nitrogens with one attached hydrogen (secondary N) is 1. The molecule has 0 bridgehead atoms. The first-order valence-electron chi connectivity index (χ1n) is 9.93. The number of sulfone groups is 1. The lowest BCUT2D eigenvalue weighted by Crippen LogP contribution is -2.39. The van der Waals surface area contributed by atoms with E-state index in [1.165, 1.54) is 15.4 Å². The molecule has 0 saturated carbocycles. The summed E-state index contributed by atoms with van der Waals surface area (Å²) in [5.74, 6) is -0.115. The highest BCUT2D eigenvalue weighted by Crippen LogP contribution is 2.36. The van der Waals surface area contributed by atoms with Crippen LogP contribution in [0.25, 0.3) is 11.7 Å². The van der Waals surface area contributed by atoms with Gasteiger partial charge >= 0.3 is 0 Å². The topological polar surface area (TPSA) is 110 Å². The van der Waals surface area contributed by atoms with Crippen molar-refractivity contribution in [2.45, 2.75) is 19.4 Å². The van der Waals surface area contributed by atoms with Gasteiger partial charge in [-0.3, -0.25) is 18.9 Å². The molecule has 1 N–H and O–H groups in total. The lowest BCUT2D eigenvalue weighted by Gasteiger charge is -2.20. The third kappa shape index (κ3) is 4.45. The summed E-state index contributed by atoms with van der Waals surface area (Å²) in [5.41, 5.74) is 1.26. The molecule has 9 nitrogen and oxygen atoms in total. The van der Waals surface area contributed by atoms with E-state index in [1.807, 2.05) is 13.0 Å². The van der Waals surface area contributed by atoms with E-state index in [4.69, 9.17) is 17.0 Å². The van der Waals surface area contributed by atoms with Gasteiger partial charge < -0.3 is 10.1 Å². The fourth-order valence-electron chi connectivity index (χ4n) is 3.70. The van der Waals surface area contributed by atoms with Gasteiger partial charge in [0.1, 0.15) is 15.8 Å². The summed E-state index contributed by atoms with van der Waals surface area (Å²) < 4.78 is 30.6. The van der Waals surface area contributed by atoms with E-state index >= 15 is 0 Å². The fourth-order valence-corrected chi connectivity index (χ4v) is 6.78. The third-order valence-electron chi connectivity index (χ3n) is 5.28. The predicted octanol–water partition coefficient (Wildman–Crippen LogP) is 1.45. The number of amides is 1. The van der Waals surface area contributed by atoms with Gasteiger partial charge in [0.15, 0.2) is 9.84 Å². The molecule has 12 heteroatoms. The fraction of sp³-hybridized carbons (Fsp3) is 0.400. The van der Waals surface area contributed by atoms with E-state index in [0.717, 1.165) is 17.3 Å². The normalized spacial score (nSPS) is 21.8. The first kappa shape index (κ1) is 22.9.